The van der Waals surface area contributed by atoms with Crippen molar-refractivity contribution in [2.75, 3.05) is 4.90 Å². The quantitative estimate of drug-likeness (QED) is 0.234. The summed E-state index contributed by atoms with van der Waals surface area (Å²) in [5.74, 6) is -0.416. The molecule has 0 saturated heterocycles. The van der Waals surface area contributed by atoms with E-state index in [1.165, 1.54) is 18.3 Å². The van der Waals surface area contributed by atoms with Crippen molar-refractivity contribution in [1.29, 1.82) is 0 Å². The number of aromatic nitrogens is 1. The number of amides is 1. The molecule has 0 saturated carbocycles. The van der Waals surface area contributed by atoms with E-state index >= 15 is 0 Å². The molecule has 0 aliphatic heterocycles. The molecule has 194 valence electrons. The average molecular weight is 527 g/mol. The van der Waals surface area contributed by atoms with E-state index in [9.17, 15) is 27.9 Å². The summed E-state index contributed by atoms with van der Waals surface area (Å²) in [5, 5.41) is 10.2. The number of carbonyl (C=O) groups is 2. The highest BCUT2D eigenvalue weighted by molar-refractivity contribution is 6.17. The number of hydrogen-bond acceptors (Lipinski definition) is 3. The number of alkyl halides is 3. The molecule has 5 aromatic rings. The molecular weight excluding hydrogens is 505 g/mol. The highest BCUT2D eigenvalue weighted by atomic mass is 19.4. The van der Waals surface area contributed by atoms with Crippen LogP contribution in [0.25, 0.3) is 22.0 Å². The zero-order valence-corrected chi connectivity index (χ0v) is 20.6. The van der Waals surface area contributed by atoms with Crippen molar-refractivity contribution in [3.63, 3.8) is 0 Å². The van der Waals surface area contributed by atoms with Crippen LogP contribution in [0.4, 0.5) is 29.3 Å². The summed E-state index contributed by atoms with van der Waals surface area (Å²) in [5.41, 5.74) is 1.19. The lowest BCUT2D eigenvalue weighted by atomic mass is 9.89. The Balaban J connectivity index is 1.82. The van der Waals surface area contributed by atoms with E-state index in [-0.39, 0.29) is 27.7 Å². The van der Waals surface area contributed by atoms with E-state index in [0.29, 0.717) is 22.4 Å². The van der Waals surface area contributed by atoms with Gasteiger partial charge >= 0.3 is 12.3 Å². The van der Waals surface area contributed by atoms with Gasteiger partial charge in [0, 0.05) is 28.3 Å². The van der Waals surface area contributed by atoms with Gasteiger partial charge in [-0.2, -0.15) is 13.2 Å². The van der Waals surface area contributed by atoms with Gasteiger partial charge < -0.3 is 5.11 Å². The van der Waals surface area contributed by atoms with E-state index in [2.05, 4.69) is 4.98 Å². The number of para-hydroxylation sites is 2. The lowest BCUT2D eigenvalue weighted by molar-refractivity contribution is -0.136. The van der Waals surface area contributed by atoms with Crippen LogP contribution >= 0.6 is 0 Å². The predicted octanol–water partition coefficient (Wildman–Crippen LogP) is 8.28. The number of fused-ring (bicyclic) bond motifs is 1. The van der Waals surface area contributed by atoms with Gasteiger partial charge in [-0.1, -0.05) is 66.7 Å². The number of nitrogens with zero attached hydrogens (tertiary/aromatic N) is 2. The summed E-state index contributed by atoms with van der Waals surface area (Å²) in [6.07, 6.45) is -4.74. The van der Waals surface area contributed by atoms with E-state index in [4.69, 9.17) is 0 Å². The first-order valence-electron chi connectivity index (χ1n) is 11.9. The highest BCUT2D eigenvalue weighted by Crippen LogP contribution is 2.41. The number of hydrogen-bond donors (Lipinski definition) is 1. The minimum Gasteiger partial charge on any atom is -0.464 e. The molecule has 0 radical (unpaired) electrons. The summed E-state index contributed by atoms with van der Waals surface area (Å²) in [4.78, 5) is 31.1. The Bertz CT molecular complexity index is 1700. The monoisotopic (exact) mass is 526 g/mol. The smallest absolute Gasteiger partial charge is 0.418 e. The molecule has 0 fully saturated rings. The fourth-order valence-electron chi connectivity index (χ4n) is 4.62. The molecule has 0 spiro atoms. The van der Waals surface area contributed by atoms with E-state index in [1.54, 1.807) is 85.8 Å². The lowest BCUT2D eigenvalue weighted by Crippen LogP contribution is -2.23. The van der Waals surface area contributed by atoms with Gasteiger partial charge in [0.2, 0.25) is 0 Å². The first-order valence-corrected chi connectivity index (χ1v) is 11.9. The Morgan fingerprint density at radius 3 is 2.13 bits per heavy atom. The van der Waals surface area contributed by atoms with Gasteiger partial charge in [0.05, 0.1) is 22.5 Å². The predicted molar refractivity (Wildman–Crippen MR) is 143 cm³/mol. The topological polar surface area (TPSA) is 70.5 Å². The van der Waals surface area contributed by atoms with Crippen LogP contribution in [0.5, 0.6) is 0 Å². The second kappa shape index (κ2) is 10.1. The number of pyridine rings is 1. The standard InChI is InChI=1S/C31H21F3N2O3/c1-19-15-16-22(36(30(38)39)21-11-6-3-7-12-21)17-24(19)27-23-13-8-14-26(31(32,33)34)28(23)35-18-25(27)29(37)20-9-4-2-5-10-20/h2-18H,1H3,(H,38,39). The summed E-state index contributed by atoms with van der Waals surface area (Å²) >= 11 is 0. The average Bonchev–Trinajstić information content (AvgIpc) is 2.93. The Morgan fingerprint density at radius 1 is 0.821 bits per heavy atom. The van der Waals surface area contributed by atoms with Crippen molar-refractivity contribution in [2.24, 2.45) is 0 Å². The molecule has 1 N–H and O–H groups in total. The van der Waals surface area contributed by atoms with E-state index < -0.39 is 23.6 Å². The molecule has 0 atom stereocenters. The molecule has 8 heteroatoms. The van der Waals surface area contributed by atoms with Crippen molar-refractivity contribution in [3.8, 4) is 11.1 Å². The van der Waals surface area contributed by atoms with Gasteiger partial charge in [-0.25, -0.2) is 9.69 Å². The Kier molecular flexibility index (Phi) is 6.62. The van der Waals surface area contributed by atoms with Gasteiger partial charge in [0.1, 0.15) is 0 Å². The number of anilines is 2. The molecule has 4 aromatic carbocycles. The first kappa shape index (κ1) is 25.7. The van der Waals surface area contributed by atoms with Gasteiger partial charge in [0.15, 0.2) is 5.78 Å². The molecule has 0 unspecified atom stereocenters. The van der Waals surface area contributed by atoms with Gasteiger partial charge in [-0.15, -0.1) is 0 Å². The van der Waals surface area contributed by atoms with Gasteiger partial charge in [-0.3, -0.25) is 9.78 Å². The van der Waals surface area contributed by atoms with Crippen molar-refractivity contribution in [1.82, 2.24) is 4.98 Å². The number of carboxylic acid groups (broad SMARTS) is 1. The molecule has 1 aromatic heterocycles. The van der Waals surface area contributed by atoms with Crippen LogP contribution in [0.2, 0.25) is 0 Å². The molecule has 0 aliphatic carbocycles. The first-order chi connectivity index (χ1) is 18.7. The fraction of sp³-hybridized carbons (Fsp3) is 0.0645. The fourth-order valence-corrected chi connectivity index (χ4v) is 4.62. The zero-order valence-electron chi connectivity index (χ0n) is 20.6. The van der Waals surface area contributed by atoms with Crippen molar-refractivity contribution < 1.29 is 27.9 Å². The molecular formula is C31H21F3N2O3. The van der Waals surface area contributed by atoms with Crippen LogP contribution in [0.3, 0.4) is 0 Å². The third kappa shape index (κ3) is 4.84. The molecule has 39 heavy (non-hydrogen) atoms. The second-order valence-corrected chi connectivity index (χ2v) is 8.89. The lowest BCUT2D eigenvalue weighted by Gasteiger charge is -2.22. The SMILES string of the molecule is Cc1ccc(N(C(=O)O)c2ccccc2)cc1-c1c(C(=O)c2ccccc2)cnc2c(C(F)(F)F)cccc12. The highest BCUT2D eigenvalue weighted by Gasteiger charge is 2.34. The summed E-state index contributed by atoms with van der Waals surface area (Å²) in [6, 6.07) is 25.4. The number of ketones is 1. The number of aryl methyl sites for hydroxylation is 1. The van der Waals surface area contributed by atoms with Crippen LogP contribution in [0, 0.1) is 6.92 Å². The van der Waals surface area contributed by atoms with Crippen LogP contribution < -0.4 is 4.90 Å². The third-order valence-electron chi connectivity index (χ3n) is 6.44. The van der Waals surface area contributed by atoms with Crippen molar-refractivity contribution in [2.45, 2.75) is 13.1 Å². The molecule has 0 aliphatic rings. The van der Waals surface area contributed by atoms with Gasteiger partial charge in [-0.05, 0) is 48.4 Å². The number of rotatable bonds is 5. The molecule has 1 heterocycles. The number of benzene rings is 4. The zero-order chi connectivity index (χ0) is 27.7. The number of carbonyl (C=O) groups excluding carboxylic acids is 1. The summed E-state index contributed by atoms with van der Waals surface area (Å²) in [7, 11) is 0. The summed E-state index contributed by atoms with van der Waals surface area (Å²) in [6.45, 7) is 1.75. The minimum atomic E-state index is -4.67. The van der Waals surface area contributed by atoms with Crippen LogP contribution in [-0.2, 0) is 6.18 Å². The Labute approximate surface area is 221 Å². The maximum absolute atomic E-state index is 13.9. The minimum absolute atomic E-state index is 0.106. The Hall–Kier alpha value is -4.98. The largest absolute Gasteiger partial charge is 0.464 e. The third-order valence-corrected chi connectivity index (χ3v) is 6.44. The molecule has 1 amide bonds. The van der Waals surface area contributed by atoms with Crippen molar-refractivity contribution in [3.05, 3.63) is 126 Å². The maximum Gasteiger partial charge on any atom is 0.418 e. The Morgan fingerprint density at radius 2 is 1.49 bits per heavy atom. The van der Waals surface area contributed by atoms with Crippen LogP contribution in [0.15, 0.2) is 103 Å². The van der Waals surface area contributed by atoms with Crippen molar-refractivity contribution >= 4 is 34.2 Å². The second-order valence-electron chi connectivity index (χ2n) is 8.89. The summed E-state index contributed by atoms with van der Waals surface area (Å²) < 4.78 is 41.8. The van der Waals surface area contributed by atoms with Crippen LogP contribution in [0.1, 0.15) is 27.0 Å². The molecule has 5 rings (SSSR count). The van der Waals surface area contributed by atoms with Gasteiger partial charge in [0.25, 0.3) is 0 Å². The molecule has 0 bridgehead atoms. The number of halogens is 3. The maximum atomic E-state index is 13.9. The van der Waals surface area contributed by atoms with E-state index in [0.717, 1.165) is 11.0 Å². The normalized spacial score (nSPS) is 11.4. The molecule has 5 nitrogen and oxygen atoms in total. The van der Waals surface area contributed by atoms with Crippen LogP contribution in [-0.4, -0.2) is 22.0 Å². The van der Waals surface area contributed by atoms with E-state index in [1.807, 2.05) is 0 Å².